The molecule has 62 valence electrons. The van der Waals surface area contributed by atoms with Crippen molar-refractivity contribution in [3.63, 3.8) is 0 Å². The van der Waals surface area contributed by atoms with Crippen LogP contribution in [0, 0.1) is 0 Å². The second-order valence-electron chi connectivity index (χ2n) is 2.84. The molecule has 0 saturated heterocycles. The standard InChI is InChI=1S/C7H21NSi2/c1-3-5-8(6-4-2)10-7-9/h3-7,10H2,1-2,9H3. The lowest BCUT2D eigenvalue weighted by Crippen LogP contribution is -2.29. The summed E-state index contributed by atoms with van der Waals surface area (Å²) in [5, 5.41) is 0. The van der Waals surface area contributed by atoms with Crippen LogP contribution in [0.3, 0.4) is 0 Å². The summed E-state index contributed by atoms with van der Waals surface area (Å²) in [5.41, 5.74) is 1.57. The quantitative estimate of drug-likeness (QED) is 0.511. The summed E-state index contributed by atoms with van der Waals surface area (Å²) in [6.45, 7) is 7.29. The summed E-state index contributed by atoms with van der Waals surface area (Å²) in [7, 11) is 1.63. The van der Waals surface area contributed by atoms with Crippen molar-refractivity contribution in [2.24, 2.45) is 0 Å². The third-order valence-corrected chi connectivity index (χ3v) is 4.67. The third kappa shape index (κ3) is 5.20. The van der Waals surface area contributed by atoms with E-state index in [9.17, 15) is 0 Å². The van der Waals surface area contributed by atoms with Crippen LogP contribution in [0.2, 0.25) is 5.67 Å². The molecule has 0 radical (unpaired) electrons. The maximum atomic E-state index is 2.72. The van der Waals surface area contributed by atoms with Gasteiger partial charge in [0.15, 0.2) is 0 Å². The van der Waals surface area contributed by atoms with Crippen LogP contribution < -0.4 is 0 Å². The summed E-state index contributed by atoms with van der Waals surface area (Å²) in [4.78, 5) is 0. The maximum Gasteiger partial charge on any atom is 0.0916 e. The molecular formula is C7H21NSi2. The van der Waals surface area contributed by atoms with Gasteiger partial charge in [0.1, 0.15) is 0 Å². The average molecular weight is 175 g/mol. The van der Waals surface area contributed by atoms with Crippen molar-refractivity contribution >= 4 is 19.9 Å². The van der Waals surface area contributed by atoms with E-state index in [1.165, 1.54) is 36.2 Å². The molecule has 0 aromatic carbocycles. The fourth-order valence-corrected chi connectivity index (χ4v) is 4.89. The van der Waals surface area contributed by atoms with Crippen LogP contribution in [-0.4, -0.2) is 37.6 Å². The smallest absolute Gasteiger partial charge is 0.0916 e. The van der Waals surface area contributed by atoms with Gasteiger partial charge < -0.3 is 4.57 Å². The maximum absolute atomic E-state index is 2.72. The molecule has 0 aromatic heterocycles. The van der Waals surface area contributed by atoms with Gasteiger partial charge in [0.05, 0.1) is 9.68 Å². The molecule has 0 aliphatic heterocycles. The Morgan fingerprint density at radius 1 is 1.20 bits per heavy atom. The minimum absolute atomic E-state index is 0.209. The molecule has 0 rings (SSSR count). The van der Waals surface area contributed by atoms with E-state index in [4.69, 9.17) is 0 Å². The lowest BCUT2D eigenvalue weighted by Gasteiger charge is -2.19. The molecule has 0 saturated carbocycles. The molecule has 0 heterocycles. The highest BCUT2D eigenvalue weighted by Crippen LogP contribution is 1.92. The van der Waals surface area contributed by atoms with E-state index in [0.29, 0.717) is 0 Å². The van der Waals surface area contributed by atoms with E-state index in [0.717, 1.165) is 0 Å². The monoisotopic (exact) mass is 175 g/mol. The zero-order valence-electron chi connectivity index (χ0n) is 7.69. The van der Waals surface area contributed by atoms with Crippen molar-refractivity contribution in [3.05, 3.63) is 0 Å². The van der Waals surface area contributed by atoms with Gasteiger partial charge in [-0.3, -0.25) is 0 Å². The zero-order chi connectivity index (χ0) is 7.82. The molecule has 3 heteroatoms. The van der Waals surface area contributed by atoms with E-state index in [2.05, 4.69) is 18.4 Å². The van der Waals surface area contributed by atoms with Crippen LogP contribution in [0.5, 0.6) is 0 Å². The van der Waals surface area contributed by atoms with Crippen LogP contribution in [0.1, 0.15) is 26.7 Å². The van der Waals surface area contributed by atoms with E-state index >= 15 is 0 Å². The van der Waals surface area contributed by atoms with Gasteiger partial charge in [-0.15, -0.1) is 0 Å². The van der Waals surface area contributed by atoms with Crippen molar-refractivity contribution in [2.45, 2.75) is 32.4 Å². The second kappa shape index (κ2) is 7.50. The summed E-state index contributed by atoms with van der Waals surface area (Å²) < 4.78 is 2.72. The second-order valence-corrected chi connectivity index (χ2v) is 8.18. The Bertz CT molecular complexity index is 54.4. The summed E-state index contributed by atoms with van der Waals surface area (Å²) in [6.07, 6.45) is 2.68. The van der Waals surface area contributed by atoms with Crippen molar-refractivity contribution < 1.29 is 0 Å². The average Bonchev–Trinajstić information content (AvgIpc) is 1.90. The van der Waals surface area contributed by atoms with Crippen molar-refractivity contribution in [1.82, 2.24) is 4.57 Å². The largest absolute Gasteiger partial charge is 0.329 e. The Labute approximate surface area is 70.5 Å². The van der Waals surface area contributed by atoms with E-state index in [1.54, 1.807) is 5.67 Å². The van der Waals surface area contributed by atoms with E-state index in [1.807, 2.05) is 0 Å². The van der Waals surface area contributed by atoms with E-state index in [-0.39, 0.29) is 9.68 Å². The minimum atomic E-state index is 0.209. The molecular weight excluding hydrogens is 154 g/mol. The number of hydrogen-bond donors (Lipinski definition) is 0. The summed E-state index contributed by atoms with van der Waals surface area (Å²) in [6, 6.07) is 0. The first-order chi connectivity index (χ1) is 4.85. The van der Waals surface area contributed by atoms with Crippen LogP contribution in [0.25, 0.3) is 0 Å². The van der Waals surface area contributed by atoms with Gasteiger partial charge >= 0.3 is 0 Å². The van der Waals surface area contributed by atoms with Crippen molar-refractivity contribution in [1.29, 1.82) is 0 Å². The highest BCUT2D eigenvalue weighted by Gasteiger charge is 1.98. The molecule has 0 spiro atoms. The van der Waals surface area contributed by atoms with Crippen LogP contribution in [-0.2, 0) is 0 Å². The van der Waals surface area contributed by atoms with Gasteiger partial charge in [-0.25, -0.2) is 0 Å². The highest BCUT2D eigenvalue weighted by atomic mass is 28.3. The molecule has 0 N–H and O–H groups in total. The number of hydrogen-bond acceptors (Lipinski definition) is 1. The molecule has 0 atom stereocenters. The van der Waals surface area contributed by atoms with E-state index < -0.39 is 0 Å². The number of rotatable bonds is 6. The highest BCUT2D eigenvalue weighted by molar-refractivity contribution is 6.44. The fourth-order valence-electron chi connectivity index (χ4n) is 1.28. The van der Waals surface area contributed by atoms with Crippen molar-refractivity contribution in [2.75, 3.05) is 13.1 Å². The van der Waals surface area contributed by atoms with Crippen molar-refractivity contribution in [3.8, 4) is 0 Å². The predicted octanol–water partition coefficient (Wildman–Crippen LogP) is -0.0666. The Morgan fingerprint density at radius 2 is 1.70 bits per heavy atom. The molecule has 0 bridgehead atoms. The lowest BCUT2D eigenvalue weighted by atomic mass is 10.4. The first-order valence-corrected chi connectivity index (χ1v) is 7.62. The molecule has 0 aromatic rings. The topological polar surface area (TPSA) is 3.24 Å². The van der Waals surface area contributed by atoms with Gasteiger partial charge in [0.2, 0.25) is 0 Å². The minimum Gasteiger partial charge on any atom is -0.329 e. The Kier molecular flexibility index (Phi) is 7.80. The summed E-state index contributed by atoms with van der Waals surface area (Å²) in [5.74, 6) is 0. The van der Waals surface area contributed by atoms with Crippen LogP contribution >= 0.6 is 0 Å². The van der Waals surface area contributed by atoms with Gasteiger partial charge in [-0.1, -0.05) is 19.5 Å². The molecule has 0 fully saturated rings. The first kappa shape index (κ1) is 10.4. The van der Waals surface area contributed by atoms with Crippen LogP contribution in [0.4, 0.5) is 0 Å². The van der Waals surface area contributed by atoms with Crippen LogP contribution in [0.15, 0.2) is 0 Å². The first-order valence-electron chi connectivity index (χ1n) is 4.57. The molecule has 0 aliphatic carbocycles. The molecule has 10 heavy (non-hydrogen) atoms. The predicted molar refractivity (Wildman–Crippen MR) is 55.4 cm³/mol. The zero-order valence-corrected chi connectivity index (χ0v) is 11.1. The molecule has 0 amide bonds. The molecule has 0 unspecified atom stereocenters. The van der Waals surface area contributed by atoms with Gasteiger partial charge in [-0.05, 0) is 25.9 Å². The summed E-state index contributed by atoms with van der Waals surface area (Å²) >= 11 is 0. The fraction of sp³-hybridized carbons (Fsp3) is 1.00. The van der Waals surface area contributed by atoms with Gasteiger partial charge in [0.25, 0.3) is 0 Å². The lowest BCUT2D eigenvalue weighted by molar-refractivity contribution is 0.441. The SMILES string of the molecule is CCCN(CCC)[SiH2]C[SiH3]. The Hall–Kier alpha value is 0.394. The third-order valence-electron chi connectivity index (χ3n) is 1.62. The Morgan fingerprint density at radius 3 is 2.00 bits per heavy atom. The number of nitrogens with zero attached hydrogens (tertiary/aromatic N) is 1. The molecule has 1 nitrogen and oxygen atoms in total. The van der Waals surface area contributed by atoms with Gasteiger partial charge in [-0.2, -0.15) is 0 Å². The normalized spacial score (nSPS) is 12.3. The Balaban J connectivity index is 3.30. The van der Waals surface area contributed by atoms with Gasteiger partial charge in [0, 0.05) is 10.2 Å². The molecule has 0 aliphatic rings.